The van der Waals surface area contributed by atoms with E-state index in [2.05, 4.69) is 6.92 Å². The predicted molar refractivity (Wildman–Crippen MR) is 121 cm³/mol. The van der Waals surface area contributed by atoms with Crippen molar-refractivity contribution in [3.05, 3.63) is 0 Å². The molecule has 4 nitrogen and oxygen atoms in total. The number of rotatable bonds is 19. The minimum atomic E-state index is -0.574. The van der Waals surface area contributed by atoms with Crippen LogP contribution in [0.25, 0.3) is 0 Å². The van der Waals surface area contributed by atoms with Gasteiger partial charge in [-0.05, 0) is 19.8 Å². The Balaban J connectivity index is 0. The maximum absolute atomic E-state index is 10.6. The summed E-state index contributed by atoms with van der Waals surface area (Å²) in [5.41, 5.74) is 5.11. The SMILES string of the molecule is CCCC(O)C(C)O.CCCCCCCCCCCCCCCCCC(N)=O. The monoisotopic (exact) mass is 401 g/mol. The van der Waals surface area contributed by atoms with Gasteiger partial charge in [0.25, 0.3) is 0 Å². The average molecular weight is 402 g/mol. The fourth-order valence-electron chi connectivity index (χ4n) is 3.21. The van der Waals surface area contributed by atoms with E-state index in [-0.39, 0.29) is 5.91 Å². The Morgan fingerprint density at radius 3 is 1.29 bits per heavy atom. The summed E-state index contributed by atoms with van der Waals surface area (Å²) in [6, 6.07) is 0. The van der Waals surface area contributed by atoms with Gasteiger partial charge >= 0.3 is 0 Å². The van der Waals surface area contributed by atoms with Gasteiger partial charge in [-0.25, -0.2) is 0 Å². The third kappa shape index (κ3) is 27.6. The maximum atomic E-state index is 10.6. The van der Waals surface area contributed by atoms with Crippen LogP contribution in [0.4, 0.5) is 0 Å². The van der Waals surface area contributed by atoms with Crippen LogP contribution in [0, 0.1) is 0 Å². The number of aliphatic hydroxyl groups is 2. The largest absolute Gasteiger partial charge is 0.391 e. The van der Waals surface area contributed by atoms with Gasteiger partial charge in [0.1, 0.15) is 0 Å². The summed E-state index contributed by atoms with van der Waals surface area (Å²) in [4.78, 5) is 10.6. The van der Waals surface area contributed by atoms with Gasteiger partial charge in [0.2, 0.25) is 5.91 Å². The fourth-order valence-corrected chi connectivity index (χ4v) is 3.21. The summed E-state index contributed by atoms with van der Waals surface area (Å²) >= 11 is 0. The smallest absolute Gasteiger partial charge is 0.217 e. The molecular weight excluding hydrogens is 350 g/mol. The van der Waals surface area contributed by atoms with Gasteiger partial charge in [0, 0.05) is 6.42 Å². The third-order valence-electron chi connectivity index (χ3n) is 5.17. The van der Waals surface area contributed by atoms with Crippen LogP contribution in [0.3, 0.4) is 0 Å². The van der Waals surface area contributed by atoms with Crippen molar-refractivity contribution in [1.29, 1.82) is 0 Å². The van der Waals surface area contributed by atoms with Crippen LogP contribution >= 0.6 is 0 Å². The normalized spacial score (nSPS) is 12.9. The lowest BCUT2D eigenvalue weighted by atomic mass is 10.0. The van der Waals surface area contributed by atoms with Gasteiger partial charge in [0.15, 0.2) is 0 Å². The second-order valence-electron chi connectivity index (χ2n) is 8.26. The Morgan fingerprint density at radius 1 is 0.679 bits per heavy atom. The van der Waals surface area contributed by atoms with Crippen LogP contribution in [0.15, 0.2) is 0 Å². The molecule has 2 unspecified atom stereocenters. The van der Waals surface area contributed by atoms with Crippen molar-refractivity contribution in [3.8, 4) is 0 Å². The number of hydrogen-bond donors (Lipinski definition) is 3. The van der Waals surface area contributed by atoms with E-state index in [1.165, 1.54) is 89.9 Å². The first-order chi connectivity index (χ1) is 13.5. The van der Waals surface area contributed by atoms with Gasteiger partial charge in [-0.3, -0.25) is 4.79 Å². The number of aliphatic hydroxyl groups excluding tert-OH is 2. The molecule has 0 radical (unpaired) electrons. The first-order valence-electron chi connectivity index (χ1n) is 12.1. The highest BCUT2D eigenvalue weighted by Crippen LogP contribution is 2.13. The zero-order valence-corrected chi connectivity index (χ0v) is 19.3. The molecule has 0 spiro atoms. The molecule has 0 aromatic rings. The summed E-state index contributed by atoms with van der Waals surface area (Å²) in [5, 5.41) is 17.6. The molecule has 0 aliphatic rings. The van der Waals surface area contributed by atoms with E-state index in [4.69, 9.17) is 15.9 Å². The summed E-state index contributed by atoms with van der Waals surface area (Å²) in [7, 11) is 0. The van der Waals surface area contributed by atoms with Gasteiger partial charge in [-0.15, -0.1) is 0 Å². The van der Waals surface area contributed by atoms with E-state index in [1.54, 1.807) is 6.92 Å². The molecule has 4 N–H and O–H groups in total. The number of carbonyl (C=O) groups is 1. The second kappa shape index (κ2) is 24.4. The molecule has 1 amide bonds. The van der Waals surface area contributed by atoms with Crippen molar-refractivity contribution in [2.75, 3.05) is 0 Å². The first-order valence-corrected chi connectivity index (χ1v) is 12.1. The molecule has 0 aromatic carbocycles. The Kier molecular flexibility index (Phi) is 25.8. The molecule has 0 aliphatic carbocycles. The van der Waals surface area contributed by atoms with Crippen LogP contribution < -0.4 is 5.73 Å². The fraction of sp³-hybridized carbons (Fsp3) is 0.958. The maximum Gasteiger partial charge on any atom is 0.217 e. The topological polar surface area (TPSA) is 83.6 Å². The molecule has 0 rings (SSSR count). The second-order valence-corrected chi connectivity index (χ2v) is 8.26. The molecule has 0 aliphatic heterocycles. The lowest BCUT2D eigenvalue weighted by molar-refractivity contribution is -0.118. The quantitative estimate of drug-likeness (QED) is 0.223. The number of amides is 1. The molecule has 0 heterocycles. The summed E-state index contributed by atoms with van der Waals surface area (Å²) in [6.07, 6.45) is 21.4. The van der Waals surface area contributed by atoms with Crippen molar-refractivity contribution < 1.29 is 15.0 Å². The molecule has 0 saturated heterocycles. The number of hydrogen-bond acceptors (Lipinski definition) is 3. The Hall–Kier alpha value is -0.610. The van der Waals surface area contributed by atoms with Crippen LogP contribution in [-0.2, 0) is 4.79 Å². The van der Waals surface area contributed by atoms with E-state index >= 15 is 0 Å². The van der Waals surface area contributed by atoms with Crippen LogP contribution in [0.2, 0.25) is 0 Å². The van der Waals surface area contributed by atoms with Crippen molar-refractivity contribution in [1.82, 2.24) is 0 Å². The number of unbranched alkanes of at least 4 members (excludes halogenated alkanes) is 14. The number of carbonyl (C=O) groups excluding carboxylic acids is 1. The lowest BCUT2D eigenvalue weighted by Gasteiger charge is -2.10. The van der Waals surface area contributed by atoms with Crippen LogP contribution in [0.1, 0.15) is 136 Å². The van der Waals surface area contributed by atoms with E-state index in [0.29, 0.717) is 12.8 Å². The molecule has 28 heavy (non-hydrogen) atoms. The predicted octanol–water partition coefficient (Wildman–Crippen LogP) is 6.26. The lowest BCUT2D eigenvalue weighted by Crippen LogP contribution is -2.21. The minimum absolute atomic E-state index is 0.153. The van der Waals surface area contributed by atoms with E-state index < -0.39 is 12.2 Å². The van der Waals surface area contributed by atoms with Gasteiger partial charge in [-0.2, -0.15) is 0 Å². The number of primary amides is 1. The van der Waals surface area contributed by atoms with Gasteiger partial charge < -0.3 is 15.9 Å². The van der Waals surface area contributed by atoms with E-state index in [0.717, 1.165) is 12.8 Å². The van der Waals surface area contributed by atoms with Gasteiger partial charge in [-0.1, -0.05) is 110 Å². The first kappa shape index (κ1) is 29.6. The summed E-state index contributed by atoms with van der Waals surface area (Å²) in [5.74, 6) is -0.153. The molecule has 2 atom stereocenters. The highest BCUT2D eigenvalue weighted by Gasteiger charge is 2.07. The molecular formula is C24H51NO3. The Labute approximate surface area is 175 Å². The van der Waals surface area contributed by atoms with Crippen molar-refractivity contribution in [2.24, 2.45) is 5.73 Å². The molecule has 0 bridgehead atoms. The minimum Gasteiger partial charge on any atom is -0.391 e. The molecule has 0 fully saturated rings. The Bertz CT molecular complexity index is 308. The van der Waals surface area contributed by atoms with Crippen LogP contribution in [0.5, 0.6) is 0 Å². The zero-order chi connectivity index (χ0) is 21.5. The van der Waals surface area contributed by atoms with Crippen molar-refractivity contribution >= 4 is 5.91 Å². The van der Waals surface area contributed by atoms with Crippen LogP contribution in [-0.4, -0.2) is 28.3 Å². The van der Waals surface area contributed by atoms with E-state index in [1.807, 2.05) is 6.92 Å². The standard InChI is InChI=1S/C18H37NO.C6H14O2/c1-2-3-4-5-6-7-8-9-10-11-12-13-14-15-16-17-18(19)20;1-3-4-6(8)5(2)7/h2-17H2,1H3,(H2,19,20);5-8H,3-4H2,1-2H3. The summed E-state index contributed by atoms with van der Waals surface area (Å²) in [6.45, 7) is 5.85. The third-order valence-corrected chi connectivity index (χ3v) is 5.17. The van der Waals surface area contributed by atoms with Gasteiger partial charge in [0.05, 0.1) is 12.2 Å². The summed E-state index contributed by atoms with van der Waals surface area (Å²) < 4.78 is 0. The highest BCUT2D eigenvalue weighted by molar-refractivity contribution is 5.73. The highest BCUT2D eigenvalue weighted by atomic mass is 16.3. The van der Waals surface area contributed by atoms with Crippen molar-refractivity contribution in [2.45, 2.75) is 149 Å². The average Bonchev–Trinajstić information content (AvgIpc) is 2.65. The van der Waals surface area contributed by atoms with E-state index in [9.17, 15) is 4.79 Å². The molecule has 4 heteroatoms. The molecule has 170 valence electrons. The number of nitrogens with two attached hydrogens (primary N) is 1. The Morgan fingerprint density at radius 2 is 1.04 bits per heavy atom. The molecule has 0 aromatic heterocycles. The zero-order valence-electron chi connectivity index (χ0n) is 19.3. The molecule has 0 saturated carbocycles. The van der Waals surface area contributed by atoms with Crippen molar-refractivity contribution in [3.63, 3.8) is 0 Å².